The number of rotatable bonds is 2. The van der Waals surface area contributed by atoms with Gasteiger partial charge in [0.1, 0.15) is 5.78 Å². The zero-order chi connectivity index (χ0) is 16.3. The first-order valence-corrected chi connectivity index (χ1v) is 7.36. The lowest BCUT2D eigenvalue weighted by atomic mass is 9.67. The Kier molecular flexibility index (Phi) is 2.75. The molecule has 23 heavy (non-hydrogen) atoms. The van der Waals surface area contributed by atoms with Crippen molar-refractivity contribution in [3.05, 3.63) is 45.5 Å². The number of nitrogens with zero attached hydrogens (tertiary/aromatic N) is 2. The molecule has 0 radical (unpaired) electrons. The maximum absolute atomic E-state index is 12.7. The van der Waals surface area contributed by atoms with Crippen molar-refractivity contribution in [3.63, 3.8) is 0 Å². The summed E-state index contributed by atoms with van der Waals surface area (Å²) < 4.78 is 0. The summed E-state index contributed by atoms with van der Waals surface area (Å²) in [6, 6.07) is 5.45. The van der Waals surface area contributed by atoms with Crippen molar-refractivity contribution < 1.29 is 19.3 Å². The number of hydrogen-bond acceptors (Lipinski definition) is 5. The largest absolute Gasteiger partial charge is 0.299 e. The smallest absolute Gasteiger partial charge is 0.271 e. The molecule has 3 aliphatic carbocycles. The summed E-state index contributed by atoms with van der Waals surface area (Å²) in [5.41, 5.74) is 1.20. The first kappa shape index (κ1) is 13.8. The van der Waals surface area contributed by atoms with Crippen molar-refractivity contribution in [3.8, 4) is 0 Å². The van der Waals surface area contributed by atoms with Crippen LogP contribution in [0.5, 0.6) is 0 Å². The van der Waals surface area contributed by atoms with Gasteiger partial charge in [0.25, 0.3) is 11.6 Å². The van der Waals surface area contributed by atoms with E-state index in [-0.39, 0.29) is 23.6 Å². The number of benzene rings is 1. The van der Waals surface area contributed by atoms with E-state index in [1.807, 2.05) is 0 Å². The molecule has 116 valence electrons. The third-order valence-corrected chi connectivity index (χ3v) is 4.87. The summed E-state index contributed by atoms with van der Waals surface area (Å²) in [5.74, 6) is -2.00. The van der Waals surface area contributed by atoms with Gasteiger partial charge in [-0.05, 0) is 18.9 Å². The first-order valence-electron chi connectivity index (χ1n) is 7.36. The molecular weight excluding hydrogens is 300 g/mol. The van der Waals surface area contributed by atoms with E-state index in [2.05, 4.69) is 0 Å². The van der Waals surface area contributed by atoms with Crippen molar-refractivity contribution in [2.75, 3.05) is 4.90 Å². The van der Waals surface area contributed by atoms with E-state index in [1.165, 1.54) is 24.3 Å². The number of allylic oxidation sites excluding steroid dienone is 1. The molecule has 2 amide bonds. The quantitative estimate of drug-likeness (QED) is 0.471. The molecule has 7 heteroatoms. The maximum atomic E-state index is 12.7. The molecule has 1 aromatic carbocycles. The fourth-order valence-electron chi connectivity index (χ4n) is 3.85. The van der Waals surface area contributed by atoms with E-state index in [0.717, 1.165) is 10.5 Å². The van der Waals surface area contributed by atoms with E-state index in [4.69, 9.17) is 0 Å². The molecule has 5 rings (SSSR count). The fraction of sp³-hybridized carbons (Fsp3) is 0.312. The number of nitro groups is 1. The second-order valence-corrected chi connectivity index (χ2v) is 6.04. The van der Waals surface area contributed by atoms with Crippen LogP contribution in [-0.2, 0) is 14.4 Å². The number of amides is 2. The van der Waals surface area contributed by atoms with Crippen LogP contribution in [0.4, 0.5) is 11.4 Å². The molecule has 2 unspecified atom stereocenters. The van der Waals surface area contributed by atoms with Crippen LogP contribution in [0.15, 0.2) is 35.4 Å². The third kappa shape index (κ3) is 1.79. The number of hydrogen-bond donors (Lipinski definition) is 0. The van der Waals surface area contributed by atoms with Gasteiger partial charge in [-0.15, -0.1) is 0 Å². The van der Waals surface area contributed by atoms with E-state index in [1.54, 1.807) is 0 Å². The Labute approximate surface area is 130 Å². The van der Waals surface area contributed by atoms with Crippen LogP contribution in [0.3, 0.4) is 0 Å². The predicted molar refractivity (Wildman–Crippen MR) is 78.5 cm³/mol. The van der Waals surface area contributed by atoms with Gasteiger partial charge >= 0.3 is 0 Å². The zero-order valence-electron chi connectivity index (χ0n) is 12.0. The SMILES string of the molecule is O=C1CC2=C3C(=O)N(c4cccc([N+](=O)[O-])c4)C(=O)C3C1CC2. The number of carbonyl (C=O) groups excluding carboxylic acids is 3. The zero-order valence-corrected chi connectivity index (χ0v) is 12.0. The van der Waals surface area contributed by atoms with Gasteiger partial charge in [-0.2, -0.15) is 0 Å². The minimum Gasteiger partial charge on any atom is -0.299 e. The number of anilines is 1. The number of carbonyl (C=O) groups is 3. The predicted octanol–water partition coefficient (Wildman–Crippen LogP) is 1.76. The molecule has 2 bridgehead atoms. The van der Waals surface area contributed by atoms with E-state index >= 15 is 0 Å². The number of nitro benzene ring substituents is 1. The van der Waals surface area contributed by atoms with E-state index in [9.17, 15) is 24.5 Å². The first-order chi connectivity index (χ1) is 11.0. The van der Waals surface area contributed by atoms with Crippen molar-refractivity contribution in [2.45, 2.75) is 19.3 Å². The Morgan fingerprint density at radius 3 is 2.70 bits per heavy atom. The highest BCUT2D eigenvalue weighted by molar-refractivity contribution is 6.31. The van der Waals surface area contributed by atoms with Crippen LogP contribution in [0, 0.1) is 22.0 Å². The molecule has 1 saturated carbocycles. The second-order valence-electron chi connectivity index (χ2n) is 6.04. The average Bonchev–Trinajstić information content (AvgIpc) is 2.81. The van der Waals surface area contributed by atoms with Crippen LogP contribution >= 0.6 is 0 Å². The summed E-state index contributed by atoms with van der Waals surface area (Å²) in [4.78, 5) is 48.8. The lowest BCUT2D eigenvalue weighted by molar-refractivity contribution is -0.384. The highest BCUT2D eigenvalue weighted by Gasteiger charge is 2.55. The normalized spacial score (nSPS) is 26.1. The van der Waals surface area contributed by atoms with Gasteiger partial charge in [0.05, 0.1) is 16.5 Å². The summed E-state index contributed by atoms with van der Waals surface area (Å²) >= 11 is 0. The fourth-order valence-corrected chi connectivity index (χ4v) is 3.85. The van der Waals surface area contributed by atoms with Crippen LogP contribution in [-0.4, -0.2) is 22.5 Å². The van der Waals surface area contributed by atoms with Crippen molar-refractivity contribution in [1.29, 1.82) is 0 Å². The second kappa shape index (κ2) is 4.58. The minimum atomic E-state index is -0.702. The summed E-state index contributed by atoms with van der Waals surface area (Å²) in [7, 11) is 0. The van der Waals surface area contributed by atoms with Crippen LogP contribution in [0.1, 0.15) is 19.3 Å². The molecule has 1 aromatic rings. The molecule has 2 atom stereocenters. The highest BCUT2D eigenvalue weighted by Crippen LogP contribution is 2.48. The number of non-ortho nitro benzene ring substituents is 1. The van der Waals surface area contributed by atoms with Gasteiger partial charge < -0.3 is 0 Å². The van der Waals surface area contributed by atoms with Crippen molar-refractivity contribution in [1.82, 2.24) is 0 Å². The monoisotopic (exact) mass is 312 g/mol. The molecule has 2 fully saturated rings. The summed E-state index contributed by atoms with van der Waals surface area (Å²) in [5, 5.41) is 10.9. The van der Waals surface area contributed by atoms with Gasteiger partial charge in [-0.3, -0.25) is 24.5 Å². The molecule has 1 aliphatic heterocycles. The van der Waals surface area contributed by atoms with Crippen LogP contribution < -0.4 is 4.90 Å². The number of imide groups is 1. The highest BCUT2D eigenvalue weighted by atomic mass is 16.6. The van der Waals surface area contributed by atoms with Gasteiger partial charge in [-0.25, -0.2) is 4.90 Å². The Morgan fingerprint density at radius 1 is 1.22 bits per heavy atom. The molecule has 1 heterocycles. The topological polar surface area (TPSA) is 97.6 Å². The van der Waals surface area contributed by atoms with Crippen molar-refractivity contribution >= 4 is 29.0 Å². The molecule has 1 saturated heterocycles. The van der Waals surface area contributed by atoms with Gasteiger partial charge in [0.2, 0.25) is 5.91 Å². The van der Waals surface area contributed by atoms with Gasteiger partial charge in [-0.1, -0.05) is 11.6 Å². The third-order valence-electron chi connectivity index (χ3n) is 4.87. The number of fused-ring (bicyclic) bond motifs is 2. The Balaban J connectivity index is 1.81. The average molecular weight is 312 g/mol. The number of ketones is 1. The minimum absolute atomic E-state index is 0.0158. The molecule has 4 aliphatic rings. The van der Waals surface area contributed by atoms with Crippen LogP contribution in [0.2, 0.25) is 0 Å². The van der Waals surface area contributed by atoms with E-state index in [0.29, 0.717) is 18.4 Å². The Bertz CT molecular complexity index is 826. The summed E-state index contributed by atoms with van der Waals surface area (Å²) in [6.45, 7) is 0. The van der Waals surface area contributed by atoms with Crippen molar-refractivity contribution in [2.24, 2.45) is 11.8 Å². The molecular formula is C16H12N2O5. The lowest BCUT2D eigenvalue weighted by Crippen LogP contribution is -2.38. The molecule has 0 spiro atoms. The van der Waals surface area contributed by atoms with Crippen LogP contribution in [0.25, 0.3) is 0 Å². The Hall–Kier alpha value is -2.83. The molecule has 0 aromatic heterocycles. The standard InChI is InChI=1S/C16H12N2O5/c19-12-6-8-4-5-11(12)14-13(8)15(20)17(16(14)21)9-2-1-3-10(7-9)18(22)23/h1-3,7,11,14H,4-6H2. The maximum Gasteiger partial charge on any atom is 0.271 e. The summed E-state index contributed by atoms with van der Waals surface area (Å²) in [6.07, 6.45) is 1.52. The van der Waals surface area contributed by atoms with Gasteiger partial charge in [0.15, 0.2) is 0 Å². The number of Topliss-reactive ketones (excluding diaryl/α,β-unsaturated/α-hetero) is 1. The van der Waals surface area contributed by atoms with Gasteiger partial charge in [0, 0.05) is 30.0 Å². The van der Waals surface area contributed by atoms with E-state index < -0.39 is 28.6 Å². The Morgan fingerprint density at radius 2 is 2.00 bits per heavy atom. The lowest BCUT2D eigenvalue weighted by Gasteiger charge is -2.33. The molecule has 0 N–H and O–H groups in total. The molecule has 7 nitrogen and oxygen atoms in total.